The smallest absolute Gasteiger partial charge is 0.354 e. The van der Waals surface area contributed by atoms with E-state index in [4.69, 9.17) is 5.11 Å². The second kappa shape index (κ2) is 5.10. The second-order valence-electron chi connectivity index (χ2n) is 4.56. The SMILES string of the molecule is O=C(O)c1cc(CC2CCCCC2)ccn1. The molecule has 0 atom stereocenters. The average Bonchev–Trinajstić information content (AvgIpc) is 2.30. The van der Waals surface area contributed by atoms with E-state index in [1.807, 2.05) is 6.07 Å². The molecular weight excluding hydrogens is 202 g/mol. The lowest BCUT2D eigenvalue weighted by Gasteiger charge is -2.21. The number of nitrogens with zero attached hydrogens (tertiary/aromatic N) is 1. The number of aromatic nitrogens is 1. The van der Waals surface area contributed by atoms with Crippen molar-refractivity contribution < 1.29 is 9.90 Å². The van der Waals surface area contributed by atoms with Gasteiger partial charge in [-0.3, -0.25) is 0 Å². The number of carboxylic acid groups (broad SMARTS) is 1. The molecule has 1 fully saturated rings. The van der Waals surface area contributed by atoms with Crippen molar-refractivity contribution in [2.75, 3.05) is 0 Å². The van der Waals surface area contributed by atoms with E-state index < -0.39 is 5.97 Å². The van der Waals surface area contributed by atoms with Crippen LogP contribution in [-0.2, 0) is 6.42 Å². The van der Waals surface area contributed by atoms with E-state index in [0.29, 0.717) is 0 Å². The zero-order chi connectivity index (χ0) is 11.4. The Morgan fingerprint density at radius 1 is 1.38 bits per heavy atom. The number of carboxylic acids is 1. The van der Waals surface area contributed by atoms with Gasteiger partial charge in [-0.15, -0.1) is 0 Å². The summed E-state index contributed by atoms with van der Waals surface area (Å²) >= 11 is 0. The number of hydrogen-bond acceptors (Lipinski definition) is 2. The zero-order valence-corrected chi connectivity index (χ0v) is 9.35. The fourth-order valence-electron chi connectivity index (χ4n) is 2.44. The lowest BCUT2D eigenvalue weighted by molar-refractivity contribution is 0.0690. The van der Waals surface area contributed by atoms with Gasteiger partial charge in [-0.2, -0.15) is 0 Å². The number of rotatable bonds is 3. The fraction of sp³-hybridized carbons (Fsp3) is 0.538. The number of hydrogen-bond donors (Lipinski definition) is 1. The van der Waals surface area contributed by atoms with Gasteiger partial charge in [-0.05, 0) is 30.0 Å². The molecule has 3 heteroatoms. The molecule has 0 aliphatic heterocycles. The van der Waals surface area contributed by atoms with Crippen LogP contribution in [0.2, 0.25) is 0 Å². The summed E-state index contributed by atoms with van der Waals surface area (Å²) < 4.78 is 0. The molecule has 1 N–H and O–H groups in total. The molecule has 16 heavy (non-hydrogen) atoms. The van der Waals surface area contributed by atoms with Crippen molar-refractivity contribution in [1.82, 2.24) is 4.98 Å². The molecule has 3 nitrogen and oxygen atoms in total. The van der Waals surface area contributed by atoms with Gasteiger partial charge in [-0.25, -0.2) is 9.78 Å². The molecule has 86 valence electrons. The lowest BCUT2D eigenvalue weighted by Crippen LogP contribution is -2.10. The Hall–Kier alpha value is -1.38. The molecular formula is C13H17NO2. The van der Waals surface area contributed by atoms with Crippen molar-refractivity contribution in [3.8, 4) is 0 Å². The van der Waals surface area contributed by atoms with Gasteiger partial charge in [0.05, 0.1) is 0 Å². The van der Waals surface area contributed by atoms with Crippen molar-refractivity contribution in [2.24, 2.45) is 5.92 Å². The quantitative estimate of drug-likeness (QED) is 0.850. The molecule has 0 amide bonds. The van der Waals surface area contributed by atoms with Crippen LogP contribution in [0.15, 0.2) is 18.3 Å². The van der Waals surface area contributed by atoms with Gasteiger partial charge in [-0.1, -0.05) is 32.1 Å². The molecule has 1 heterocycles. The third-order valence-corrected chi connectivity index (χ3v) is 3.29. The largest absolute Gasteiger partial charge is 0.477 e. The van der Waals surface area contributed by atoms with E-state index >= 15 is 0 Å². The first kappa shape index (κ1) is 11.1. The summed E-state index contributed by atoms with van der Waals surface area (Å²) in [6.07, 6.45) is 9.16. The summed E-state index contributed by atoms with van der Waals surface area (Å²) in [7, 11) is 0. The van der Waals surface area contributed by atoms with Crippen LogP contribution in [0, 0.1) is 5.92 Å². The summed E-state index contributed by atoms with van der Waals surface area (Å²) in [5.74, 6) is -0.205. The number of aromatic carboxylic acids is 1. The van der Waals surface area contributed by atoms with Crippen LogP contribution >= 0.6 is 0 Å². The molecule has 2 rings (SSSR count). The molecule has 0 saturated heterocycles. The van der Waals surface area contributed by atoms with Crippen molar-refractivity contribution in [3.63, 3.8) is 0 Å². The van der Waals surface area contributed by atoms with Gasteiger partial charge in [0.25, 0.3) is 0 Å². The van der Waals surface area contributed by atoms with Gasteiger partial charge in [0, 0.05) is 6.20 Å². The van der Waals surface area contributed by atoms with Crippen LogP contribution < -0.4 is 0 Å². The van der Waals surface area contributed by atoms with Crippen LogP contribution in [0.4, 0.5) is 0 Å². The standard InChI is InChI=1S/C13H17NO2/c15-13(16)12-9-11(6-7-14-12)8-10-4-2-1-3-5-10/h6-7,9-10H,1-5,8H2,(H,15,16). The van der Waals surface area contributed by atoms with E-state index in [2.05, 4.69) is 4.98 Å². The molecule has 1 aromatic rings. The molecule has 0 spiro atoms. The first-order valence-corrected chi connectivity index (χ1v) is 5.94. The monoisotopic (exact) mass is 219 g/mol. The van der Waals surface area contributed by atoms with Crippen LogP contribution in [-0.4, -0.2) is 16.1 Å². The van der Waals surface area contributed by atoms with E-state index in [1.54, 1.807) is 12.3 Å². The highest BCUT2D eigenvalue weighted by molar-refractivity contribution is 5.85. The molecule has 0 unspecified atom stereocenters. The van der Waals surface area contributed by atoms with E-state index in [-0.39, 0.29) is 5.69 Å². The van der Waals surface area contributed by atoms with Gasteiger partial charge >= 0.3 is 5.97 Å². The highest BCUT2D eigenvalue weighted by Gasteiger charge is 2.14. The first-order valence-electron chi connectivity index (χ1n) is 5.94. The summed E-state index contributed by atoms with van der Waals surface area (Å²) in [6, 6.07) is 3.64. The maximum absolute atomic E-state index is 10.8. The number of carbonyl (C=O) groups is 1. The Bertz CT molecular complexity index is 370. The Labute approximate surface area is 95.5 Å². The average molecular weight is 219 g/mol. The third kappa shape index (κ3) is 2.81. The van der Waals surface area contributed by atoms with Crippen LogP contribution in [0.25, 0.3) is 0 Å². The second-order valence-corrected chi connectivity index (χ2v) is 4.56. The van der Waals surface area contributed by atoms with Crippen LogP contribution in [0.5, 0.6) is 0 Å². The molecule has 0 bridgehead atoms. The molecule has 0 radical (unpaired) electrons. The minimum Gasteiger partial charge on any atom is -0.477 e. The Morgan fingerprint density at radius 2 is 2.12 bits per heavy atom. The zero-order valence-electron chi connectivity index (χ0n) is 9.35. The normalized spacial score (nSPS) is 17.2. The van der Waals surface area contributed by atoms with Crippen LogP contribution in [0.1, 0.15) is 48.2 Å². The van der Waals surface area contributed by atoms with Crippen molar-refractivity contribution in [3.05, 3.63) is 29.6 Å². The van der Waals surface area contributed by atoms with E-state index in [0.717, 1.165) is 17.9 Å². The first-order chi connectivity index (χ1) is 7.75. The van der Waals surface area contributed by atoms with Gasteiger partial charge in [0.15, 0.2) is 0 Å². The Kier molecular flexibility index (Phi) is 3.54. The Morgan fingerprint density at radius 3 is 2.81 bits per heavy atom. The van der Waals surface area contributed by atoms with Gasteiger partial charge in [0.1, 0.15) is 5.69 Å². The number of pyridine rings is 1. The van der Waals surface area contributed by atoms with Crippen molar-refractivity contribution in [1.29, 1.82) is 0 Å². The molecule has 1 aromatic heterocycles. The predicted octanol–water partition coefficient (Wildman–Crippen LogP) is 2.90. The van der Waals surface area contributed by atoms with Gasteiger partial charge in [0.2, 0.25) is 0 Å². The van der Waals surface area contributed by atoms with E-state index in [9.17, 15) is 4.79 Å². The minimum absolute atomic E-state index is 0.160. The molecule has 0 aromatic carbocycles. The summed E-state index contributed by atoms with van der Waals surface area (Å²) in [5.41, 5.74) is 1.27. The maximum atomic E-state index is 10.8. The topological polar surface area (TPSA) is 50.2 Å². The third-order valence-electron chi connectivity index (χ3n) is 3.29. The van der Waals surface area contributed by atoms with Crippen LogP contribution in [0.3, 0.4) is 0 Å². The Balaban J connectivity index is 2.02. The predicted molar refractivity (Wildman–Crippen MR) is 61.5 cm³/mol. The molecule has 1 aliphatic carbocycles. The fourth-order valence-corrected chi connectivity index (χ4v) is 2.44. The lowest BCUT2D eigenvalue weighted by atomic mass is 9.85. The minimum atomic E-state index is -0.939. The van der Waals surface area contributed by atoms with Gasteiger partial charge < -0.3 is 5.11 Å². The van der Waals surface area contributed by atoms with Crippen molar-refractivity contribution in [2.45, 2.75) is 38.5 Å². The maximum Gasteiger partial charge on any atom is 0.354 e. The summed E-state index contributed by atoms with van der Waals surface area (Å²) in [6.45, 7) is 0. The molecule has 1 saturated carbocycles. The highest BCUT2D eigenvalue weighted by atomic mass is 16.4. The summed E-state index contributed by atoms with van der Waals surface area (Å²) in [5, 5.41) is 8.85. The van der Waals surface area contributed by atoms with E-state index in [1.165, 1.54) is 32.1 Å². The molecule has 1 aliphatic rings. The van der Waals surface area contributed by atoms with Crippen molar-refractivity contribution >= 4 is 5.97 Å². The summed E-state index contributed by atoms with van der Waals surface area (Å²) in [4.78, 5) is 14.6. The highest BCUT2D eigenvalue weighted by Crippen LogP contribution is 2.26.